The number of ether oxygens (including phenoxy) is 1. The second-order valence-corrected chi connectivity index (χ2v) is 4.15. The van der Waals surface area contributed by atoms with Crippen LogP contribution in [0.2, 0.25) is 0 Å². The molecule has 0 saturated carbocycles. The summed E-state index contributed by atoms with van der Waals surface area (Å²) in [6, 6.07) is 6.25. The van der Waals surface area contributed by atoms with E-state index in [2.05, 4.69) is 4.98 Å². The molecule has 0 aliphatic rings. The molecular formula is C14H15FN2O. The lowest BCUT2D eigenvalue weighted by molar-refractivity contribution is 0.466. The third-order valence-electron chi connectivity index (χ3n) is 2.67. The molecule has 0 fully saturated rings. The maximum Gasteiger partial charge on any atom is 0.135 e. The van der Waals surface area contributed by atoms with Crippen LogP contribution in [-0.2, 0) is 6.54 Å². The minimum Gasteiger partial charge on any atom is -0.457 e. The van der Waals surface area contributed by atoms with E-state index in [9.17, 15) is 4.39 Å². The van der Waals surface area contributed by atoms with Gasteiger partial charge in [0.25, 0.3) is 0 Å². The van der Waals surface area contributed by atoms with E-state index in [1.54, 1.807) is 18.3 Å². The highest BCUT2D eigenvalue weighted by Gasteiger charge is 2.08. The minimum absolute atomic E-state index is 0.323. The fourth-order valence-electron chi connectivity index (χ4n) is 1.61. The SMILES string of the molecule is Cc1cc(Oc2cc(F)ccc2C)c(CN)cn1. The Hall–Kier alpha value is -1.94. The first-order valence-electron chi connectivity index (χ1n) is 5.69. The van der Waals surface area contributed by atoms with Gasteiger partial charge in [-0.1, -0.05) is 6.07 Å². The Balaban J connectivity index is 2.38. The van der Waals surface area contributed by atoms with Crippen LogP contribution in [-0.4, -0.2) is 4.98 Å². The fourth-order valence-corrected chi connectivity index (χ4v) is 1.61. The number of nitrogens with two attached hydrogens (primary N) is 1. The first kappa shape index (κ1) is 12.5. The quantitative estimate of drug-likeness (QED) is 0.905. The van der Waals surface area contributed by atoms with E-state index in [4.69, 9.17) is 10.5 Å². The van der Waals surface area contributed by atoms with Gasteiger partial charge in [0.15, 0.2) is 0 Å². The third kappa shape index (κ3) is 2.65. The summed E-state index contributed by atoms with van der Waals surface area (Å²) >= 11 is 0. The van der Waals surface area contributed by atoms with E-state index < -0.39 is 0 Å². The smallest absolute Gasteiger partial charge is 0.135 e. The molecule has 94 valence electrons. The molecule has 1 aromatic heterocycles. The van der Waals surface area contributed by atoms with Crippen LogP contribution >= 0.6 is 0 Å². The molecule has 3 nitrogen and oxygen atoms in total. The minimum atomic E-state index is -0.323. The Bertz CT molecular complexity index is 570. The lowest BCUT2D eigenvalue weighted by Gasteiger charge is -2.12. The van der Waals surface area contributed by atoms with Gasteiger partial charge >= 0.3 is 0 Å². The van der Waals surface area contributed by atoms with Crippen molar-refractivity contribution in [1.29, 1.82) is 0 Å². The van der Waals surface area contributed by atoms with Crippen molar-refractivity contribution in [1.82, 2.24) is 4.98 Å². The van der Waals surface area contributed by atoms with E-state index >= 15 is 0 Å². The number of pyridine rings is 1. The molecule has 1 aromatic carbocycles. The Morgan fingerprint density at radius 3 is 2.72 bits per heavy atom. The summed E-state index contributed by atoms with van der Waals surface area (Å²) in [4.78, 5) is 4.16. The normalized spacial score (nSPS) is 10.4. The fraction of sp³-hybridized carbons (Fsp3) is 0.214. The zero-order valence-electron chi connectivity index (χ0n) is 10.4. The van der Waals surface area contributed by atoms with Crippen molar-refractivity contribution < 1.29 is 9.13 Å². The van der Waals surface area contributed by atoms with Crippen LogP contribution in [0.4, 0.5) is 4.39 Å². The average Bonchev–Trinajstić information content (AvgIpc) is 2.34. The molecule has 0 spiro atoms. The van der Waals surface area contributed by atoms with Crippen LogP contribution in [0.15, 0.2) is 30.5 Å². The number of aromatic nitrogens is 1. The van der Waals surface area contributed by atoms with Crippen molar-refractivity contribution in [3.8, 4) is 11.5 Å². The molecule has 0 radical (unpaired) electrons. The number of halogens is 1. The van der Waals surface area contributed by atoms with Gasteiger partial charge in [-0.25, -0.2) is 4.39 Å². The summed E-state index contributed by atoms with van der Waals surface area (Å²) in [5.41, 5.74) is 8.12. The predicted molar refractivity (Wildman–Crippen MR) is 68.1 cm³/mol. The van der Waals surface area contributed by atoms with Crippen molar-refractivity contribution in [2.75, 3.05) is 0 Å². The number of benzene rings is 1. The molecule has 0 bridgehead atoms. The monoisotopic (exact) mass is 246 g/mol. The van der Waals surface area contributed by atoms with Crippen LogP contribution in [0.5, 0.6) is 11.5 Å². The van der Waals surface area contributed by atoms with Gasteiger partial charge in [0.2, 0.25) is 0 Å². The van der Waals surface area contributed by atoms with Crippen LogP contribution in [0.3, 0.4) is 0 Å². The third-order valence-corrected chi connectivity index (χ3v) is 2.67. The molecule has 0 aliphatic heterocycles. The Morgan fingerprint density at radius 1 is 1.22 bits per heavy atom. The molecule has 0 atom stereocenters. The van der Waals surface area contributed by atoms with Crippen molar-refractivity contribution in [2.24, 2.45) is 5.73 Å². The molecule has 18 heavy (non-hydrogen) atoms. The first-order valence-corrected chi connectivity index (χ1v) is 5.69. The van der Waals surface area contributed by atoms with Gasteiger partial charge < -0.3 is 10.5 Å². The van der Waals surface area contributed by atoms with Crippen molar-refractivity contribution in [3.05, 3.63) is 53.1 Å². The number of hydrogen-bond donors (Lipinski definition) is 1. The second kappa shape index (κ2) is 5.14. The molecule has 2 N–H and O–H groups in total. The lowest BCUT2D eigenvalue weighted by Crippen LogP contribution is -2.01. The van der Waals surface area contributed by atoms with Crippen LogP contribution in [0, 0.1) is 19.7 Å². The van der Waals surface area contributed by atoms with Gasteiger partial charge in [-0.05, 0) is 25.5 Å². The molecule has 0 unspecified atom stereocenters. The molecule has 0 amide bonds. The number of nitrogens with zero attached hydrogens (tertiary/aromatic N) is 1. The van der Waals surface area contributed by atoms with Crippen LogP contribution < -0.4 is 10.5 Å². The van der Waals surface area contributed by atoms with Gasteiger partial charge in [-0.2, -0.15) is 0 Å². The van der Waals surface area contributed by atoms with Crippen LogP contribution in [0.25, 0.3) is 0 Å². The maximum atomic E-state index is 13.2. The van der Waals surface area contributed by atoms with Gasteiger partial charge in [0, 0.05) is 36.1 Å². The summed E-state index contributed by atoms with van der Waals surface area (Å²) in [6.45, 7) is 4.06. The number of rotatable bonds is 3. The molecular weight excluding hydrogens is 231 g/mol. The highest BCUT2D eigenvalue weighted by Crippen LogP contribution is 2.28. The molecule has 1 heterocycles. The van der Waals surface area contributed by atoms with E-state index in [1.807, 2.05) is 13.8 Å². The zero-order chi connectivity index (χ0) is 13.1. The molecule has 0 aliphatic carbocycles. The van der Waals surface area contributed by atoms with E-state index in [1.165, 1.54) is 12.1 Å². The topological polar surface area (TPSA) is 48.1 Å². The maximum absolute atomic E-state index is 13.2. The van der Waals surface area contributed by atoms with E-state index in [0.717, 1.165) is 16.8 Å². The summed E-state index contributed by atoms with van der Waals surface area (Å²) in [5.74, 6) is 0.796. The van der Waals surface area contributed by atoms with Gasteiger partial charge in [0.1, 0.15) is 17.3 Å². The average molecular weight is 246 g/mol. The summed E-state index contributed by atoms with van der Waals surface area (Å²) in [6.07, 6.45) is 1.68. The summed E-state index contributed by atoms with van der Waals surface area (Å²) in [5, 5.41) is 0. The Morgan fingerprint density at radius 2 is 2.00 bits per heavy atom. The summed E-state index contributed by atoms with van der Waals surface area (Å²) < 4.78 is 18.9. The van der Waals surface area contributed by atoms with Gasteiger partial charge in [0.05, 0.1) is 0 Å². The van der Waals surface area contributed by atoms with Crippen LogP contribution in [0.1, 0.15) is 16.8 Å². The van der Waals surface area contributed by atoms with Gasteiger partial charge in [-0.3, -0.25) is 4.98 Å². The molecule has 4 heteroatoms. The number of aryl methyl sites for hydroxylation is 2. The predicted octanol–water partition coefficient (Wildman–Crippen LogP) is 3.09. The Kier molecular flexibility index (Phi) is 3.58. The lowest BCUT2D eigenvalue weighted by atomic mass is 10.2. The molecule has 2 aromatic rings. The van der Waals surface area contributed by atoms with E-state index in [0.29, 0.717) is 18.0 Å². The highest BCUT2D eigenvalue weighted by molar-refractivity contribution is 5.40. The van der Waals surface area contributed by atoms with Crippen molar-refractivity contribution >= 4 is 0 Å². The summed E-state index contributed by atoms with van der Waals surface area (Å²) in [7, 11) is 0. The first-order chi connectivity index (χ1) is 8.60. The second-order valence-electron chi connectivity index (χ2n) is 4.15. The number of hydrogen-bond acceptors (Lipinski definition) is 3. The van der Waals surface area contributed by atoms with Crippen molar-refractivity contribution in [2.45, 2.75) is 20.4 Å². The standard InChI is InChI=1S/C14H15FN2O/c1-9-3-4-12(15)6-13(9)18-14-5-10(2)17-8-11(14)7-16/h3-6,8H,7,16H2,1-2H3. The van der Waals surface area contributed by atoms with Crippen molar-refractivity contribution in [3.63, 3.8) is 0 Å². The zero-order valence-corrected chi connectivity index (χ0v) is 10.4. The molecule has 0 saturated heterocycles. The largest absolute Gasteiger partial charge is 0.457 e. The highest BCUT2D eigenvalue weighted by atomic mass is 19.1. The van der Waals surface area contributed by atoms with E-state index in [-0.39, 0.29) is 5.82 Å². The van der Waals surface area contributed by atoms with Gasteiger partial charge in [-0.15, -0.1) is 0 Å². The molecule has 2 rings (SSSR count). The Labute approximate surface area is 105 Å².